The summed E-state index contributed by atoms with van der Waals surface area (Å²) in [6.07, 6.45) is -14.7. The average Bonchev–Trinajstić information content (AvgIpc) is 2.56. The van der Waals surface area contributed by atoms with Gasteiger partial charge in [0.1, 0.15) is 48.8 Å². The molecule has 1 aliphatic rings. The Hall–Kier alpha value is -0.440. The minimum atomic E-state index is -1.86. The number of aliphatic hydroxyl groups excluding tert-OH is 9. The summed E-state index contributed by atoms with van der Waals surface area (Å²) in [4.78, 5) is 0. The van der Waals surface area contributed by atoms with Crippen LogP contribution in [0.15, 0.2) is 0 Å². The van der Waals surface area contributed by atoms with Crippen LogP contribution in [0.25, 0.3) is 0 Å². The highest BCUT2D eigenvalue weighted by Gasteiger charge is 2.44. The molecule has 0 spiro atoms. The molecule has 1 fully saturated rings. The Morgan fingerprint density at radius 2 is 1.39 bits per heavy atom. The van der Waals surface area contributed by atoms with Crippen molar-refractivity contribution in [3.8, 4) is 0 Å². The molecule has 0 unspecified atom stereocenters. The molecule has 0 saturated carbocycles. The van der Waals surface area contributed by atoms with Crippen molar-refractivity contribution in [3.05, 3.63) is 0 Å². The van der Waals surface area contributed by atoms with E-state index in [0.717, 1.165) is 0 Å². The van der Waals surface area contributed by atoms with Gasteiger partial charge in [0.15, 0.2) is 6.29 Å². The zero-order chi connectivity index (χ0) is 17.7. The van der Waals surface area contributed by atoms with Crippen molar-refractivity contribution in [1.29, 1.82) is 0 Å². The Bertz CT molecular complexity index is 341. The van der Waals surface area contributed by atoms with Gasteiger partial charge in [0, 0.05) is 0 Å². The summed E-state index contributed by atoms with van der Waals surface area (Å²) in [5.74, 6) is 0. The van der Waals surface area contributed by atoms with Gasteiger partial charge < -0.3 is 55.4 Å². The molecule has 0 aromatic rings. The third-order valence-corrected chi connectivity index (χ3v) is 3.61. The van der Waals surface area contributed by atoms with E-state index in [1.54, 1.807) is 0 Å². The predicted octanol–water partition coefficient (Wildman–Crippen LogP) is -5.76. The lowest BCUT2D eigenvalue weighted by molar-refractivity contribution is -0.306. The minimum Gasteiger partial charge on any atom is -0.394 e. The first-order chi connectivity index (χ1) is 10.7. The van der Waals surface area contributed by atoms with Gasteiger partial charge in [-0.1, -0.05) is 0 Å². The summed E-state index contributed by atoms with van der Waals surface area (Å²) in [6, 6.07) is 0. The third-order valence-electron chi connectivity index (χ3n) is 3.61. The summed E-state index contributed by atoms with van der Waals surface area (Å²) in [6.45, 7) is -2.16. The molecule has 23 heavy (non-hydrogen) atoms. The van der Waals surface area contributed by atoms with Gasteiger partial charge >= 0.3 is 0 Å². The Balaban J connectivity index is 2.55. The smallest absolute Gasteiger partial charge is 0.186 e. The van der Waals surface area contributed by atoms with E-state index in [1.807, 2.05) is 0 Å². The number of ether oxygens (including phenoxy) is 2. The largest absolute Gasteiger partial charge is 0.394 e. The Morgan fingerprint density at radius 1 is 0.826 bits per heavy atom. The standard InChI is InChI=1S/C12H24O11/c13-1-4(15)7(17)8(18)5(16)3-22-12-11(21)10(20)9(19)6(2-14)23-12/h4-21H,1-3H2/t4-,5+,6+,7+,8+,9-,10-,11+,12+/m0/s1. The second kappa shape index (κ2) is 9.15. The maximum atomic E-state index is 9.70. The van der Waals surface area contributed by atoms with E-state index in [4.69, 9.17) is 19.7 Å². The monoisotopic (exact) mass is 344 g/mol. The highest BCUT2D eigenvalue weighted by atomic mass is 16.7. The van der Waals surface area contributed by atoms with E-state index >= 15 is 0 Å². The summed E-state index contributed by atoms with van der Waals surface area (Å²) < 4.78 is 9.99. The molecule has 1 rings (SSSR count). The van der Waals surface area contributed by atoms with Crippen LogP contribution in [-0.4, -0.2) is 121 Å². The number of hydrogen-bond acceptors (Lipinski definition) is 11. The number of rotatable bonds is 8. The molecule has 0 aliphatic carbocycles. The predicted molar refractivity (Wildman–Crippen MR) is 70.8 cm³/mol. The first kappa shape index (κ1) is 20.6. The summed E-state index contributed by atoms with van der Waals surface area (Å²) in [5, 5.41) is 84.4. The van der Waals surface area contributed by atoms with Crippen molar-refractivity contribution in [2.45, 2.75) is 55.1 Å². The molecule has 138 valence electrons. The van der Waals surface area contributed by atoms with Crippen molar-refractivity contribution in [1.82, 2.24) is 0 Å². The molecule has 11 heteroatoms. The maximum absolute atomic E-state index is 9.70. The molecule has 0 aromatic carbocycles. The van der Waals surface area contributed by atoms with Crippen LogP contribution in [0.3, 0.4) is 0 Å². The van der Waals surface area contributed by atoms with Gasteiger partial charge in [0.2, 0.25) is 0 Å². The topological polar surface area (TPSA) is 201 Å². The van der Waals surface area contributed by atoms with Crippen molar-refractivity contribution in [2.24, 2.45) is 0 Å². The van der Waals surface area contributed by atoms with Crippen molar-refractivity contribution in [3.63, 3.8) is 0 Å². The van der Waals surface area contributed by atoms with Crippen molar-refractivity contribution < 1.29 is 55.4 Å². The molecule has 9 N–H and O–H groups in total. The second-order valence-corrected chi connectivity index (χ2v) is 5.33. The molecule has 1 heterocycles. The van der Waals surface area contributed by atoms with Crippen LogP contribution in [0.5, 0.6) is 0 Å². The van der Waals surface area contributed by atoms with E-state index in [1.165, 1.54) is 0 Å². The van der Waals surface area contributed by atoms with Gasteiger partial charge in [-0.3, -0.25) is 0 Å². The second-order valence-electron chi connectivity index (χ2n) is 5.33. The SMILES string of the molecule is OC[C@H](O)[C@@H](O)[C@H](O)[C@H](O)CO[C@@H]1O[C@H](CO)[C@H](O)[C@H](O)[C@H]1O. The molecule has 1 aliphatic heterocycles. The lowest BCUT2D eigenvalue weighted by Crippen LogP contribution is -2.59. The lowest BCUT2D eigenvalue weighted by Gasteiger charge is -2.40. The zero-order valence-corrected chi connectivity index (χ0v) is 12.2. The molecule has 0 aromatic heterocycles. The first-order valence-corrected chi connectivity index (χ1v) is 6.99. The highest BCUT2D eigenvalue weighted by Crippen LogP contribution is 2.22. The molecular formula is C12H24O11. The fraction of sp³-hybridized carbons (Fsp3) is 1.00. The van der Waals surface area contributed by atoms with Gasteiger partial charge in [0.05, 0.1) is 19.8 Å². The van der Waals surface area contributed by atoms with Crippen LogP contribution >= 0.6 is 0 Å². The molecule has 0 radical (unpaired) electrons. The summed E-state index contributed by atoms with van der Waals surface area (Å²) in [5.41, 5.74) is 0. The molecule has 0 bridgehead atoms. The van der Waals surface area contributed by atoms with Crippen LogP contribution in [0.4, 0.5) is 0 Å². The number of hydrogen-bond donors (Lipinski definition) is 9. The van der Waals surface area contributed by atoms with Crippen molar-refractivity contribution in [2.75, 3.05) is 19.8 Å². The highest BCUT2D eigenvalue weighted by molar-refractivity contribution is 4.89. The van der Waals surface area contributed by atoms with Gasteiger partial charge in [-0.15, -0.1) is 0 Å². The van der Waals surface area contributed by atoms with Gasteiger partial charge in [0.25, 0.3) is 0 Å². The Kier molecular flexibility index (Phi) is 8.20. The van der Waals surface area contributed by atoms with Crippen LogP contribution in [0, 0.1) is 0 Å². The van der Waals surface area contributed by atoms with Gasteiger partial charge in [-0.2, -0.15) is 0 Å². The zero-order valence-electron chi connectivity index (χ0n) is 12.2. The van der Waals surface area contributed by atoms with E-state index in [9.17, 15) is 35.7 Å². The molecule has 11 nitrogen and oxygen atoms in total. The number of aliphatic hydroxyl groups is 9. The average molecular weight is 344 g/mol. The van der Waals surface area contributed by atoms with E-state index in [-0.39, 0.29) is 0 Å². The fourth-order valence-corrected chi connectivity index (χ4v) is 2.06. The van der Waals surface area contributed by atoms with Crippen LogP contribution in [0.2, 0.25) is 0 Å². The quantitative estimate of drug-likeness (QED) is 0.203. The van der Waals surface area contributed by atoms with Crippen LogP contribution in [0.1, 0.15) is 0 Å². The Labute approximate surface area is 131 Å². The van der Waals surface area contributed by atoms with Gasteiger partial charge in [-0.05, 0) is 0 Å². The molecule has 1 saturated heterocycles. The van der Waals surface area contributed by atoms with Gasteiger partial charge in [-0.25, -0.2) is 0 Å². The Morgan fingerprint density at radius 3 is 1.91 bits per heavy atom. The molecular weight excluding hydrogens is 320 g/mol. The van der Waals surface area contributed by atoms with E-state index in [2.05, 4.69) is 0 Å². The van der Waals surface area contributed by atoms with E-state index < -0.39 is 74.9 Å². The fourth-order valence-electron chi connectivity index (χ4n) is 2.06. The summed E-state index contributed by atoms with van der Waals surface area (Å²) in [7, 11) is 0. The van der Waals surface area contributed by atoms with Crippen molar-refractivity contribution >= 4 is 0 Å². The molecule has 0 amide bonds. The lowest BCUT2D eigenvalue weighted by atomic mass is 9.99. The van der Waals surface area contributed by atoms with Crippen LogP contribution < -0.4 is 0 Å². The maximum Gasteiger partial charge on any atom is 0.186 e. The van der Waals surface area contributed by atoms with E-state index in [0.29, 0.717) is 0 Å². The third kappa shape index (κ3) is 5.01. The normalized spacial score (nSPS) is 37.2. The molecule has 9 atom stereocenters. The van der Waals surface area contributed by atoms with Crippen LogP contribution in [-0.2, 0) is 9.47 Å². The first-order valence-electron chi connectivity index (χ1n) is 6.99. The summed E-state index contributed by atoms with van der Waals surface area (Å²) >= 11 is 0. The minimum absolute atomic E-state index is 0.655.